The van der Waals surface area contributed by atoms with Gasteiger partial charge in [-0.25, -0.2) is 0 Å². The van der Waals surface area contributed by atoms with E-state index in [-0.39, 0.29) is 24.3 Å². The fourth-order valence-electron chi connectivity index (χ4n) is 3.88. The first-order valence-electron chi connectivity index (χ1n) is 12.3. The number of carbonyl (C=O) groups is 3. The van der Waals surface area contributed by atoms with E-state index in [2.05, 4.69) is 10.6 Å². The van der Waals surface area contributed by atoms with E-state index >= 15 is 0 Å². The first-order chi connectivity index (χ1) is 17.4. The normalized spacial score (nSPS) is 10.4. The molecule has 0 unspecified atom stereocenters. The van der Waals surface area contributed by atoms with Crippen LogP contribution >= 0.6 is 0 Å². The lowest BCUT2D eigenvalue weighted by atomic mass is 10.1. The Morgan fingerprint density at radius 3 is 1.94 bits per heavy atom. The third-order valence-corrected chi connectivity index (χ3v) is 5.68. The number of rotatable bonds is 11. The Morgan fingerprint density at radius 1 is 0.722 bits per heavy atom. The summed E-state index contributed by atoms with van der Waals surface area (Å²) in [5.41, 5.74) is 3.09. The van der Waals surface area contributed by atoms with Crippen LogP contribution < -0.4 is 15.5 Å². The molecule has 7 heteroatoms. The van der Waals surface area contributed by atoms with Gasteiger partial charge in [0.05, 0.1) is 6.54 Å². The van der Waals surface area contributed by atoms with Gasteiger partial charge in [0.2, 0.25) is 5.91 Å². The van der Waals surface area contributed by atoms with Crippen molar-refractivity contribution in [1.82, 2.24) is 4.90 Å². The minimum Gasteiger partial charge on any atom is -0.376 e. The molecule has 0 heterocycles. The van der Waals surface area contributed by atoms with E-state index in [4.69, 9.17) is 0 Å². The van der Waals surface area contributed by atoms with Crippen LogP contribution in [0.15, 0.2) is 78.9 Å². The Balaban J connectivity index is 1.60. The van der Waals surface area contributed by atoms with E-state index in [1.165, 1.54) is 0 Å². The molecule has 0 saturated carbocycles. The van der Waals surface area contributed by atoms with E-state index in [9.17, 15) is 14.4 Å². The molecular weight excluding hydrogens is 452 g/mol. The van der Waals surface area contributed by atoms with Gasteiger partial charge in [0, 0.05) is 48.3 Å². The van der Waals surface area contributed by atoms with Crippen molar-refractivity contribution in [3.63, 3.8) is 0 Å². The zero-order valence-corrected chi connectivity index (χ0v) is 21.2. The molecule has 0 saturated heterocycles. The Bertz CT molecular complexity index is 1170. The predicted octanol–water partition coefficient (Wildman–Crippen LogP) is 5.28. The average Bonchev–Trinajstić information content (AvgIpc) is 2.91. The molecule has 0 radical (unpaired) electrons. The summed E-state index contributed by atoms with van der Waals surface area (Å²) in [4.78, 5) is 41.7. The van der Waals surface area contributed by atoms with Crippen molar-refractivity contribution in [2.75, 3.05) is 42.2 Å². The van der Waals surface area contributed by atoms with Crippen molar-refractivity contribution in [3.05, 3.63) is 90.0 Å². The number of hydrogen-bond acceptors (Lipinski definition) is 4. The highest BCUT2D eigenvalue weighted by Crippen LogP contribution is 2.18. The molecule has 2 N–H and O–H groups in total. The SMILES string of the molecule is CCCN(CCC)C(=O)c1cccc(NC(=O)CNc2cccc(C(=O)N(C)c3ccccc3)c2)c1. The Morgan fingerprint density at radius 2 is 1.31 bits per heavy atom. The van der Waals surface area contributed by atoms with Crippen LogP contribution in [-0.4, -0.2) is 49.3 Å². The van der Waals surface area contributed by atoms with Crippen molar-refractivity contribution in [1.29, 1.82) is 0 Å². The zero-order valence-electron chi connectivity index (χ0n) is 21.2. The fraction of sp³-hybridized carbons (Fsp3) is 0.276. The molecule has 0 aliphatic carbocycles. The lowest BCUT2D eigenvalue weighted by Crippen LogP contribution is -2.32. The third kappa shape index (κ3) is 7.18. The average molecular weight is 487 g/mol. The van der Waals surface area contributed by atoms with Crippen molar-refractivity contribution in [3.8, 4) is 0 Å². The number of hydrogen-bond donors (Lipinski definition) is 2. The highest BCUT2D eigenvalue weighted by molar-refractivity contribution is 6.06. The smallest absolute Gasteiger partial charge is 0.258 e. The molecule has 0 aliphatic heterocycles. The number of amides is 3. The minimum absolute atomic E-state index is 0.0160. The van der Waals surface area contributed by atoms with Crippen LogP contribution in [0.25, 0.3) is 0 Å². The molecule has 0 bridgehead atoms. The molecule has 0 fully saturated rings. The van der Waals surface area contributed by atoms with E-state index in [1.54, 1.807) is 54.4 Å². The highest BCUT2D eigenvalue weighted by Gasteiger charge is 2.16. The van der Waals surface area contributed by atoms with Gasteiger partial charge in [-0.05, 0) is 61.4 Å². The number of carbonyl (C=O) groups excluding carboxylic acids is 3. The van der Waals surface area contributed by atoms with Gasteiger partial charge >= 0.3 is 0 Å². The maximum atomic E-state index is 12.9. The fourth-order valence-corrected chi connectivity index (χ4v) is 3.88. The molecule has 0 aromatic heterocycles. The second-order valence-corrected chi connectivity index (χ2v) is 8.56. The quantitative estimate of drug-likeness (QED) is 0.387. The molecule has 0 aliphatic rings. The second kappa shape index (κ2) is 13.1. The van der Waals surface area contributed by atoms with Crippen LogP contribution in [0.1, 0.15) is 47.4 Å². The van der Waals surface area contributed by atoms with Gasteiger partial charge in [-0.3, -0.25) is 14.4 Å². The minimum atomic E-state index is -0.253. The van der Waals surface area contributed by atoms with Crippen molar-refractivity contribution in [2.45, 2.75) is 26.7 Å². The molecule has 36 heavy (non-hydrogen) atoms. The summed E-state index contributed by atoms with van der Waals surface area (Å²) in [7, 11) is 1.73. The number of benzene rings is 3. The molecule has 7 nitrogen and oxygen atoms in total. The van der Waals surface area contributed by atoms with E-state index < -0.39 is 0 Å². The Hall–Kier alpha value is -4.13. The number of para-hydroxylation sites is 1. The van der Waals surface area contributed by atoms with Crippen LogP contribution in [0.2, 0.25) is 0 Å². The Kier molecular flexibility index (Phi) is 9.63. The second-order valence-electron chi connectivity index (χ2n) is 8.56. The summed E-state index contributed by atoms with van der Waals surface area (Å²) in [5, 5.41) is 5.91. The van der Waals surface area contributed by atoms with Gasteiger partial charge < -0.3 is 20.4 Å². The predicted molar refractivity (Wildman–Crippen MR) is 146 cm³/mol. The number of nitrogens with one attached hydrogen (secondary N) is 2. The molecular formula is C29H34N4O3. The summed E-state index contributed by atoms with van der Waals surface area (Å²) >= 11 is 0. The molecule has 188 valence electrons. The largest absolute Gasteiger partial charge is 0.376 e. The summed E-state index contributed by atoms with van der Waals surface area (Å²) < 4.78 is 0. The molecule has 3 aromatic carbocycles. The molecule has 0 atom stereocenters. The summed E-state index contributed by atoms with van der Waals surface area (Å²) in [6, 6.07) is 23.5. The van der Waals surface area contributed by atoms with Crippen molar-refractivity contribution >= 4 is 34.8 Å². The van der Waals surface area contributed by atoms with E-state index in [1.807, 2.05) is 55.1 Å². The molecule has 3 aromatic rings. The van der Waals surface area contributed by atoms with Crippen molar-refractivity contribution < 1.29 is 14.4 Å². The maximum Gasteiger partial charge on any atom is 0.258 e. The first kappa shape index (κ1) is 26.5. The van der Waals surface area contributed by atoms with Crippen LogP contribution in [-0.2, 0) is 4.79 Å². The summed E-state index contributed by atoms with van der Waals surface area (Å²) in [5.74, 6) is -0.428. The van der Waals surface area contributed by atoms with Gasteiger partial charge in [-0.15, -0.1) is 0 Å². The van der Waals surface area contributed by atoms with E-state index in [0.29, 0.717) is 35.6 Å². The summed E-state index contributed by atoms with van der Waals surface area (Å²) in [6.45, 7) is 5.52. The molecule has 0 spiro atoms. The van der Waals surface area contributed by atoms with Crippen LogP contribution in [0, 0.1) is 0 Å². The van der Waals surface area contributed by atoms with Gasteiger partial charge in [-0.1, -0.05) is 44.2 Å². The van der Waals surface area contributed by atoms with E-state index in [0.717, 1.165) is 18.5 Å². The molecule has 3 amide bonds. The number of nitrogens with zero attached hydrogens (tertiary/aromatic N) is 2. The van der Waals surface area contributed by atoms with Gasteiger partial charge in [0.1, 0.15) is 0 Å². The van der Waals surface area contributed by atoms with Gasteiger partial charge in [-0.2, -0.15) is 0 Å². The monoisotopic (exact) mass is 486 g/mol. The molecule has 3 rings (SSSR count). The van der Waals surface area contributed by atoms with Crippen LogP contribution in [0.4, 0.5) is 17.1 Å². The lowest BCUT2D eigenvalue weighted by molar-refractivity contribution is -0.114. The topological polar surface area (TPSA) is 81.8 Å². The lowest BCUT2D eigenvalue weighted by Gasteiger charge is -2.21. The Labute approximate surface area is 213 Å². The van der Waals surface area contributed by atoms with Crippen molar-refractivity contribution in [2.24, 2.45) is 0 Å². The van der Waals surface area contributed by atoms with Crippen LogP contribution in [0.3, 0.4) is 0 Å². The number of anilines is 3. The first-order valence-corrected chi connectivity index (χ1v) is 12.3. The van der Waals surface area contributed by atoms with Gasteiger partial charge in [0.25, 0.3) is 11.8 Å². The maximum absolute atomic E-state index is 12.9. The van der Waals surface area contributed by atoms with Crippen LogP contribution in [0.5, 0.6) is 0 Å². The van der Waals surface area contributed by atoms with Gasteiger partial charge in [0.15, 0.2) is 0 Å². The third-order valence-electron chi connectivity index (χ3n) is 5.68. The highest BCUT2D eigenvalue weighted by atomic mass is 16.2. The summed E-state index contributed by atoms with van der Waals surface area (Å²) in [6.07, 6.45) is 1.78. The zero-order chi connectivity index (χ0) is 25.9. The standard InChI is InChI=1S/C29H34N4O3/c1-4-17-33(18-5-2)29(36)23-12-10-14-25(20-23)31-27(34)21-30-24-13-9-11-22(19-24)28(35)32(3)26-15-7-6-8-16-26/h6-16,19-20,30H,4-5,17-18,21H2,1-3H3,(H,31,34).